The van der Waals surface area contributed by atoms with Gasteiger partial charge in [0.05, 0.1) is 32.9 Å². The molecule has 2 aromatic rings. The molecule has 2 aromatic carbocycles. The fraction of sp³-hybridized carbons (Fsp3) is 0.300. The van der Waals surface area contributed by atoms with Crippen LogP contribution in [-0.4, -0.2) is 38.6 Å². The second-order valence-corrected chi connectivity index (χ2v) is 6.32. The summed E-state index contributed by atoms with van der Waals surface area (Å²) >= 11 is 0. The lowest BCUT2D eigenvalue weighted by Crippen LogP contribution is -2.92. The quantitative estimate of drug-likeness (QED) is 0.742. The maximum Gasteiger partial charge on any atom is 0.292 e. The van der Waals surface area contributed by atoms with Crippen LogP contribution in [0.15, 0.2) is 42.5 Å². The number of halogens is 1. The van der Waals surface area contributed by atoms with Gasteiger partial charge in [0, 0.05) is 6.42 Å². The number of nitrogens with zero attached hydrogens (tertiary/aromatic N) is 1. The van der Waals surface area contributed by atoms with E-state index < -0.39 is 11.9 Å². The van der Waals surface area contributed by atoms with Gasteiger partial charge < -0.3 is 14.8 Å². The van der Waals surface area contributed by atoms with Crippen LogP contribution >= 0.6 is 0 Å². The highest BCUT2D eigenvalue weighted by atomic mass is 19.1. The van der Waals surface area contributed by atoms with Gasteiger partial charge in [0.2, 0.25) is 5.91 Å². The van der Waals surface area contributed by atoms with Crippen LogP contribution in [0.25, 0.3) is 0 Å². The Morgan fingerprint density at radius 2 is 1.78 bits per heavy atom. The largest absolute Gasteiger partial charge is 0.493 e. The lowest BCUT2D eigenvalue weighted by Gasteiger charge is -2.14. The predicted octanol–water partition coefficient (Wildman–Crippen LogP) is 1.28. The molecule has 1 saturated heterocycles. The third kappa shape index (κ3) is 4.09. The van der Waals surface area contributed by atoms with Crippen molar-refractivity contribution in [1.29, 1.82) is 0 Å². The van der Waals surface area contributed by atoms with E-state index in [0.717, 1.165) is 16.9 Å². The van der Waals surface area contributed by atoms with E-state index in [0.29, 0.717) is 23.7 Å². The number of nitrogens with two attached hydrogens (primary N) is 1. The molecule has 1 aliphatic heterocycles. The molecule has 2 amide bonds. The molecule has 1 fully saturated rings. The lowest BCUT2D eigenvalue weighted by atomic mass is 10.1. The molecular weight excluding hydrogens is 351 g/mol. The van der Waals surface area contributed by atoms with Crippen LogP contribution in [0.5, 0.6) is 11.5 Å². The second-order valence-electron chi connectivity index (χ2n) is 6.32. The number of ether oxygens (including phenoxy) is 2. The molecule has 0 bridgehead atoms. The van der Waals surface area contributed by atoms with Gasteiger partial charge in [-0.15, -0.1) is 0 Å². The highest BCUT2D eigenvalue weighted by Crippen LogP contribution is 2.27. The number of rotatable bonds is 7. The summed E-state index contributed by atoms with van der Waals surface area (Å²) in [5.41, 5.74) is 1.46. The summed E-state index contributed by atoms with van der Waals surface area (Å²) in [4.78, 5) is 25.9. The second kappa shape index (κ2) is 8.18. The molecule has 1 aliphatic rings. The van der Waals surface area contributed by atoms with Crippen LogP contribution in [0.3, 0.4) is 0 Å². The van der Waals surface area contributed by atoms with Gasteiger partial charge in [-0.1, -0.05) is 6.07 Å². The third-order valence-electron chi connectivity index (χ3n) is 4.60. The zero-order valence-electron chi connectivity index (χ0n) is 15.3. The summed E-state index contributed by atoms with van der Waals surface area (Å²) in [5.74, 6) is 0.384. The van der Waals surface area contributed by atoms with Crippen molar-refractivity contribution in [3.05, 3.63) is 53.8 Å². The predicted molar refractivity (Wildman–Crippen MR) is 97.3 cm³/mol. The molecule has 7 heteroatoms. The van der Waals surface area contributed by atoms with Crippen molar-refractivity contribution in [2.75, 3.05) is 25.7 Å². The average Bonchev–Trinajstić information content (AvgIpc) is 2.96. The Kier molecular flexibility index (Phi) is 5.71. The molecule has 1 heterocycles. The van der Waals surface area contributed by atoms with Crippen molar-refractivity contribution < 1.29 is 28.8 Å². The first-order valence-corrected chi connectivity index (χ1v) is 8.70. The molecule has 0 spiro atoms. The number of amides is 2. The first-order chi connectivity index (χ1) is 13.0. The monoisotopic (exact) mass is 373 g/mol. The Balaban J connectivity index is 1.60. The standard InChI is InChI=1S/C20H21FN2O4/c1-26-17-8-3-13(11-18(17)27-2)9-10-22-16-12-19(24)23(20(16)25)15-6-4-14(21)5-7-15/h3-8,11,16,22H,9-10,12H2,1-2H3/p+1/t16-/m1/s1. The number of hydrogen-bond acceptors (Lipinski definition) is 4. The fourth-order valence-corrected chi connectivity index (χ4v) is 3.19. The van der Waals surface area contributed by atoms with Crippen LogP contribution in [0.1, 0.15) is 12.0 Å². The highest BCUT2D eigenvalue weighted by molar-refractivity contribution is 6.21. The summed E-state index contributed by atoms with van der Waals surface area (Å²) in [5, 5.41) is 1.88. The van der Waals surface area contributed by atoms with Crippen LogP contribution in [0.4, 0.5) is 10.1 Å². The minimum atomic E-state index is -0.456. The molecule has 3 rings (SSSR count). The number of imide groups is 1. The van der Waals surface area contributed by atoms with E-state index in [1.165, 1.54) is 24.3 Å². The van der Waals surface area contributed by atoms with Gasteiger partial charge in [-0.25, -0.2) is 9.29 Å². The minimum Gasteiger partial charge on any atom is -0.493 e. The minimum absolute atomic E-state index is 0.141. The van der Waals surface area contributed by atoms with Crippen molar-refractivity contribution in [2.45, 2.75) is 18.9 Å². The van der Waals surface area contributed by atoms with Crippen molar-refractivity contribution in [3.8, 4) is 11.5 Å². The van der Waals surface area contributed by atoms with E-state index in [-0.39, 0.29) is 18.2 Å². The van der Waals surface area contributed by atoms with Crippen LogP contribution in [0.2, 0.25) is 0 Å². The van der Waals surface area contributed by atoms with Gasteiger partial charge in [-0.05, 0) is 42.0 Å². The Morgan fingerprint density at radius 1 is 1.07 bits per heavy atom. The number of hydrogen-bond donors (Lipinski definition) is 1. The van der Waals surface area contributed by atoms with Gasteiger partial charge in [0.1, 0.15) is 5.82 Å². The van der Waals surface area contributed by atoms with E-state index >= 15 is 0 Å². The Bertz CT molecular complexity index is 838. The molecule has 0 unspecified atom stereocenters. The number of carbonyl (C=O) groups is 2. The molecule has 0 aromatic heterocycles. The number of anilines is 1. The van der Waals surface area contributed by atoms with Gasteiger partial charge in [0.15, 0.2) is 17.5 Å². The summed E-state index contributed by atoms with van der Waals surface area (Å²) in [6.07, 6.45) is 0.858. The maximum absolute atomic E-state index is 13.1. The fourth-order valence-electron chi connectivity index (χ4n) is 3.19. The Hall–Kier alpha value is -2.93. The number of benzene rings is 2. The van der Waals surface area contributed by atoms with Gasteiger partial charge in [-0.3, -0.25) is 9.59 Å². The van der Waals surface area contributed by atoms with Crippen LogP contribution in [-0.2, 0) is 16.0 Å². The van der Waals surface area contributed by atoms with E-state index in [9.17, 15) is 14.0 Å². The zero-order chi connectivity index (χ0) is 19.4. The van der Waals surface area contributed by atoms with E-state index in [1.807, 2.05) is 23.5 Å². The summed E-state index contributed by atoms with van der Waals surface area (Å²) in [7, 11) is 3.17. The molecule has 1 atom stereocenters. The van der Waals surface area contributed by atoms with Crippen molar-refractivity contribution in [3.63, 3.8) is 0 Å². The molecule has 0 saturated carbocycles. The van der Waals surface area contributed by atoms with Crippen LogP contribution < -0.4 is 19.7 Å². The van der Waals surface area contributed by atoms with E-state index in [2.05, 4.69) is 0 Å². The summed E-state index contributed by atoms with van der Waals surface area (Å²) in [6, 6.07) is 10.6. The highest BCUT2D eigenvalue weighted by Gasteiger charge is 2.42. The van der Waals surface area contributed by atoms with Crippen molar-refractivity contribution in [2.24, 2.45) is 0 Å². The maximum atomic E-state index is 13.1. The number of carbonyl (C=O) groups excluding carboxylic acids is 2. The van der Waals surface area contributed by atoms with E-state index in [1.54, 1.807) is 14.2 Å². The Morgan fingerprint density at radius 3 is 2.44 bits per heavy atom. The summed E-state index contributed by atoms with van der Waals surface area (Å²) < 4.78 is 23.6. The number of quaternary nitrogens is 1. The first kappa shape index (κ1) is 18.8. The molecule has 27 heavy (non-hydrogen) atoms. The van der Waals surface area contributed by atoms with Gasteiger partial charge in [-0.2, -0.15) is 0 Å². The zero-order valence-corrected chi connectivity index (χ0v) is 15.3. The molecule has 0 radical (unpaired) electrons. The first-order valence-electron chi connectivity index (χ1n) is 8.70. The van der Waals surface area contributed by atoms with Crippen molar-refractivity contribution in [1.82, 2.24) is 0 Å². The molecule has 0 aliphatic carbocycles. The smallest absolute Gasteiger partial charge is 0.292 e. The van der Waals surface area contributed by atoms with Gasteiger partial charge in [0.25, 0.3) is 5.91 Å². The topological polar surface area (TPSA) is 72.5 Å². The van der Waals surface area contributed by atoms with E-state index in [4.69, 9.17) is 9.47 Å². The molecule has 2 N–H and O–H groups in total. The van der Waals surface area contributed by atoms with Crippen LogP contribution in [0, 0.1) is 5.82 Å². The van der Waals surface area contributed by atoms with Gasteiger partial charge >= 0.3 is 0 Å². The normalized spacial score (nSPS) is 16.7. The Labute approximate surface area is 156 Å². The average molecular weight is 373 g/mol. The third-order valence-corrected chi connectivity index (χ3v) is 4.60. The number of methoxy groups -OCH3 is 2. The SMILES string of the molecule is COc1ccc(CC[NH2+][C@@H]2CC(=O)N(c3ccc(F)cc3)C2=O)cc1OC. The molecular formula is C20H22FN2O4+. The van der Waals surface area contributed by atoms with Crippen molar-refractivity contribution >= 4 is 17.5 Å². The summed E-state index contributed by atoms with van der Waals surface area (Å²) in [6.45, 7) is 0.649. The lowest BCUT2D eigenvalue weighted by molar-refractivity contribution is -0.674. The molecule has 6 nitrogen and oxygen atoms in total. The molecule has 142 valence electrons.